The van der Waals surface area contributed by atoms with Gasteiger partial charge in [-0.3, -0.25) is 4.79 Å². The van der Waals surface area contributed by atoms with Gasteiger partial charge in [0.2, 0.25) is 0 Å². The van der Waals surface area contributed by atoms with Crippen molar-refractivity contribution in [1.29, 1.82) is 0 Å². The van der Waals surface area contributed by atoms with Gasteiger partial charge in [-0.25, -0.2) is 5.43 Å². The molecule has 0 aliphatic rings. The predicted molar refractivity (Wildman–Crippen MR) is 89.3 cm³/mol. The second-order valence-corrected chi connectivity index (χ2v) is 5.57. The molecular formula is C15H11Cl3N2O2. The van der Waals surface area contributed by atoms with Crippen LogP contribution in [0.2, 0.25) is 15.1 Å². The minimum Gasteiger partial charge on any atom is -0.508 e. The van der Waals surface area contributed by atoms with E-state index in [9.17, 15) is 9.90 Å². The molecule has 4 nitrogen and oxygen atoms in total. The number of phenolic OH excluding ortho intramolecular Hbond substituents is 1. The number of aromatic hydroxyl groups is 1. The zero-order valence-electron chi connectivity index (χ0n) is 11.4. The average molecular weight is 358 g/mol. The summed E-state index contributed by atoms with van der Waals surface area (Å²) in [6.07, 6.45) is 0. The number of carbonyl (C=O) groups is 1. The molecule has 0 aliphatic carbocycles. The molecule has 0 aliphatic heterocycles. The van der Waals surface area contributed by atoms with Crippen LogP contribution in [0.3, 0.4) is 0 Å². The highest BCUT2D eigenvalue weighted by Gasteiger charge is 2.11. The highest BCUT2D eigenvalue weighted by atomic mass is 35.5. The number of hydrogen-bond donors (Lipinski definition) is 2. The molecule has 0 atom stereocenters. The largest absolute Gasteiger partial charge is 0.508 e. The minimum absolute atomic E-state index is 0.0822. The number of halogens is 3. The molecule has 0 aromatic heterocycles. The van der Waals surface area contributed by atoms with Gasteiger partial charge in [0.25, 0.3) is 5.91 Å². The Kier molecular flexibility index (Phi) is 5.29. The van der Waals surface area contributed by atoms with E-state index in [-0.39, 0.29) is 15.8 Å². The fourth-order valence-electron chi connectivity index (χ4n) is 1.68. The number of rotatable bonds is 3. The SMILES string of the molecule is C/C(=N\NC(=O)c1ccc(O)cc1)c1ccc(Cl)c(Cl)c1Cl. The second kappa shape index (κ2) is 7.01. The molecule has 7 heteroatoms. The van der Waals surface area contributed by atoms with Gasteiger partial charge in [-0.05, 0) is 37.3 Å². The van der Waals surface area contributed by atoms with Gasteiger partial charge in [0.15, 0.2) is 0 Å². The molecule has 0 unspecified atom stereocenters. The van der Waals surface area contributed by atoms with Crippen molar-refractivity contribution >= 4 is 46.4 Å². The number of amides is 1. The Balaban J connectivity index is 2.18. The molecule has 0 bridgehead atoms. The first-order chi connectivity index (χ1) is 10.4. The molecule has 22 heavy (non-hydrogen) atoms. The van der Waals surface area contributed by atoms with E-state index in [0.29, 0.717) is 21.9 Å². The third-order valence-corrected chi connectivity index (χ3v) is 4.17. The van der Waals surface area contributed by atoms with E-state index >= 15 is 0 Å². The van der Waals surface area contributed by atoms with Crippen molar-refractivity contribution in [3.05, 3.63) is 62.6 Å². The minimum atomic E-state index is -0.407. The van der Waals surface area contributed by atoms with Crippen molar-refractivity contribution in [2.45, 2.75) is 6.92 Å². The number of benzene rings is 2. The summed E-state index contributed by atoms with van der Waals surface area (Å²) in [7, 11) is 0. The molecule has 2 N–H and O–H groups in total. The van der Waals surface area contributed by atoms with E-state index in [4.69, 9.17) is 34.8 Å². The Morgan fingerprint density at radius 2 is 1.68 bits per heavy atom. The van der Waals surface area contributed by atoms with E-state index in [0.717, 1.165) is 0 Å². The van der Waals surface area contributed by atoms with Crippen molar-refractivity contribution in [2.24, 2.45) is 5.10 Å². The number of hydrazone groups is 1. The summed E-state index contributed by atoms with van der Waals surface area (Å²) in [6.45, 7) is 1.68. The molecule has 0 radical (unpaired) electrons. The molecule has 2 aromatic carbocycles. The molecule has 0 saturated heterocycles. The lowest BCUT2D eigenvalue weighted by Crippen LogP contribution is -2.19. The lowest BCUT2D eigenvalue weighted by Gasteiger charge is -2.07. The third-order valence-electron chi connectivity index (χ3n) is 2.88. The van der Waals surface area contributed by atoms with Gasteiger partial charge >= 0.3 is 0 Å². The smallest absolute Gasteiger partial charge is 0.271 e. The van der Waals surface area contributed by atoms with Crippen molar-refractivity contribution < 1.29 is 9.90 Å². The zero-order chi connectivity index (χ0) is 16.3. The number of carbonyl (C=O) groups excluding carboxylic acids is 1. The molecule has 0 heterocycles. The van der Waals surface area contributed by atoms with E-state index in [2.05, 4.69) is 10.5 Å². The van der Waals surface area contributed by atoms with E-state index in [1.54, 1.807) is 19.1 Å². The van der Waals surface area contributed by atoms with Crippen molar-refractivity contribution in [3.8, 4) is 5.75 Å². The summed E-state index contributed by atoms with van der Waals surface area (Å²) in [5.41, 5.74) is 3.83. The molecule has 0 saturated carbocycles. The van der Waals surface area contributed by atoms with Crippen LogP contribution in [0.15, 0.2) is 41.5 Å². The van der Waals surface area contributed by atoms with Gasteiger partial charge < -0.3 is 5.11 Å². The normalized spacial score (nSPS) is 11.4. The molecule has 1 amide bonds. The van der Waals surface area contributed by atoms with Crippen molar-refractivity contribution in [3.63, 3.8) is 0 Å². The third kappa shape index (κ3) is 3.71. The number of nitrogens with zero attached hydrogens (tertiary/aromatic N) is 1. The second-order valence-electron chi connectivity index (χ2n) is 4.41. The highest BCUT2D eigenvalue weighted by molar-refractivity contribution is 6.49. The first-order valence-electron chi connectivity index (χ1n) is 6.17. The van der Waals surface area contributed by atoms with E-state index in [1.165, 1.54) is 24.3 Å². The molecule has 2 aromatic rings. The van der Waals surface area contributed by atoms with Crippen LogP contribution in [0.25, 0.3) is 0 Å². The Morgan fingerprint density at radius 1 is 1.05 bits per heavy atom. The topological polar surface area (TPSA) is 61.7 Å². The maximum atomic E-state index is 11.9. The maximum absolute atomic E-state index is 11.9. The quantitative estimate of drug-likeness (QED) is 0.482. The van der Waals surface area contributed by atoms with E-state index in [1.807, 2.05) is 0 Å². The first kappa shape index (κ1) is 16.6. The lowest BCUT2D eigenvalue weighted by atomic mass is 10.1. The summed E-state index contributed by atoms with van der Waals surface area (Å²) in [4.78, 5) is 11.9. The summed E-state index contributed by atoms with van der Waals surface area (Å²) >= 11 is 17.9. The van der Waals surface area contributed by atoms with Crippen LogP contribution >= 0.6 is 34.8 Å². The monoisotopic (exact) mass is 356 g/mol. The molecule has 0 spiro atoms. The Labute approximate surface area is 142 Å². The summed E-state index contributed by atoms with van der Waals surface area (Å²) < 4.78 is 0. The molecule has 0 fully saturated rings. The lowest BCUT2D eigenvalue weighted by molar-refractivity contribution is 0.0955. The zero-order valence-corrected chi connectivity index (χ0v) is 13.7. The van der Waals surface area contributed by atoms with E-state index < -0.39 is 5.91 Å². The van der Waals surface area contributed by atoms with Crippen LogP contribution in [0, 0.1) is 0 Å². The maximum Gasteiger partial charge on any atom is 0.271 e. The number of phenols is 1. The van der Waals surface area contributed by atoms with Gasteiger partial charge in [0.05, 0.1) is 20.8 Å². The van der Waals surface area contributed by atoms with Crippen LogP contribution < -0.4 is 5.43 Å². The summed E-state index contributed by atoms with van der Waals surface area (Å²) in [6, 6.07) is 9.08. The number of hydrogen-bond acceptors (Lipinski definition) is 3. The Hall–Kier alpha value is -1.75. The average Bonchev–Trinajstić information content (AvgIpc) is 2.51. The standard InChI is InChI=1S/C15H11Cl3N2O2/c1-8(11-6-7-12(16)14(18)13(11)17)19-20-15(22)9-2-4-10(21)5-3-9/h2-7,21H,1H3,(H,20,22)/b19-8+. The molecule has 2 rings (SSSR count). The van der Waals surface area contributed by atoms with Gasteiger partial charge in [-0.1, -0.05) is 40.9 Å². The van der Waals surface area contributed by atoms with Crippen LogP contribution in [-0.2, 0) is 0 Å². The van der Waals surface area contributed by atoms with Gasteiger partial charge in [-0.15, -0.1) is 0 Å². The fourth-order valence-corrected chi connectivity index (χ4v) is 2.35. The number of nitrogens with one attached hydrogen (secondary N) is 1. The highest BCUT2D eigenvalue weighted by Crippen LogP contribution is 2.32. The summed E-state index contributed by atoms with van der Waals surface area (Å²) in [5, 5.41) is 14.0. The van der Waals surface area contributed by atoms with Crippen LogP contribution in [0.1, 0.15) is 22.8 Å². The van der Waals surface area contributed by atoms with Crippen LogP contribution in [0.4, 0.5) is 0 Å². The van der Waals surface area contributed by atoms with Gasteiger partial charge in [-0.2, -0.15) is 5.10 Å². The first-order valence-corrected chi connectivity index (χ1v) is 7.31. The molecule has 114 valence electrons. The fraction of sp³-hybridized carbons (Fsp3) is 0.0667. The summed E-state index contributed by atoms with van der Waals surface area (Å²) in [5.74, 6) is -0.325. The van der Waals surface area contributed by atoms with Gasteiger partial charge in [0.1, 0.15) is 5.75 Å². The van der Waals surface area contributed by atoms with Crippen molar-refractivity contribution in [1.82, 2.24) is 5.43 Å². The van der Waals surface area contributed by atoms with Crippen LogP contribution in [-0.4, -0.2) is 16.7 Å². The Morgan fingerprint density at radius 3 is 2.32 bits per heavy atom. The molecular weight excluding hydrogens is 347 g/mol. The Bertz CT molecular complexity index is 743. The predicted octanol–water partition coefficient (Wildman–Crippen LogP) is 4.51. The van der Waals surface area contributed by atoms with Crippen molar-refractivity contribution in [2.75, 3.05) is 0 Å². The van der Waals surface area contributed by atoms with Gasteiger partial charge in [0, 0.05) is 11.1 Å². The van der Waals surface area contributed by atoms with Crippen LogP contribution in [0.5, 0.6) is 5.75 Å².